The summed E-state index contributed by atoms with van der Waals surface area (Å²) in [5.74, 6) is 2.05. The van der Waals surface area contributed by atoms with E-state index in [1.165, 1.54) is 13.5 Å². The van der Waals surface area contributed by atoms with E-state index in [0.717, 1.165) is 48.6 Å². The molecule has 178 valence electrons. The number of aryl methyl sites for hydroxylation is 1. The Morgan fingerprint density at radius 3 is 2.59 bits per heavy atom. The van der Waals surface area contributed by atoms with Crippen molar-refractivity contribution in [1.82, 2.24) is 19.4 Å². The molecule has 2 fully saturated rings. The Morgan fingerprint density at radius 1 is 1.15 bits per heavy atom. The molecule has 1 aromatic carbocycles. The Labute approximate surface area is 198 Å². The van der Waals surface area contributed by atoms with Crippen LogP contribution in [0.3, 0.4) is 0 Å². The number of rotatable bonds is 6. The third kappa shape index (κ3) is 4.23. The van der Waals surface area contributed by atoms with Gasteiger partial charge in [-0.15, -0.1) is 0 Å². The van der Waals surface area contributed by atoms with Crippen LogP contribution in [-0.2, 0) is 16.6 Å². The van der Waals surface area contributed by atoms with Gasteiger partial charge < -0.3 is 24.4 Å². The summed E-state index contributed by atoms with van der Waals surface area (Å²) in [6.07, 6.45) is 5.23. The largest absolute Gasteiger partial charge is 0.375 e. The monoisotopic (exact) mass is 462 g/mol. The lowest BCUT2D eigenvalue weighted by Crippen LogP contribution is -2.49. The summed E-state index contributed by atoms with van der Waals surface area (Å²) in [4.78, 5) is 39.3. The van der Waals surface area contributed by atoms with E-state index in [4.69, 9.17) is 9.72 Å². The van der Waals surface area contributed by atoms with Crippen LogP contribution in [0.5, 0.6) is 0 Å². The van der Waals surface area contributed by atoms with Crippen molar-refractivity contribution in [1.29, 1.82) is 0 Å². The first-order valence-corrected chi connectivity index (χ1v) is 11.8. The van der Waals surface area contributed by atoms with Crippen LogP contribution in [0.15, 0.2) is 36.5 Å². The van der Waals surface area contributed by atoms with Crippen molar-refractivity contribution in [3.63, 3.8) is 0 Å². The lowest BCUT2D eigenvalue weighted by Gasteiger charge is -2.35. The molecule has 2 aromatic heterocycles. The van der Waals surface area contributed by atoms with Gasteiger partial charge in [0.15, 0.2) is 0 Å². The number of piperazine rings is 1. The second-order valence-corrected chi connectivity index (χ2v) is 9.00. The topological polar surface area (TPSA) is 92.6 Å². The molecule has 0 spiro atoms. The first-order valence-electron chi connectivity index (χ1n) is 11.8. The molecule has 1 aliphatic carbocycles. The van der Waals surface area contributed by atoms with Crippen molar-refractivity contribution in [2.75, 3.05) is 50.1 Å². The lowest BCUT2D eigenvalue weighted by atomic mass is 9.85. The van der Waals surface area contributed by atoms with Crippen LogP contribution >= 0.6 is 0 Å². The number of imidazole rings is 1. The number of anilines is 2. The molecule has 1 saturated heterocycles. The number of pyridine rings is 1. The first-order chi connectivity index (χ1) is 16.5. The van der Waals surface area contributed by atoms with Gasteiger partial charge in [0.25, 0.3) is 5.91 Å². The molecule has 0 bridgehead atoms. The van der Waals surface area contributed by atoms with Crippen molar-refractivity contribution in [3.05, 3.63) is 47.9 Å². The molecule has 1 saturated carbocycles. The lowest BCUT2D eigenvalue weighted by molar-refractivity contribution is -0.119. The zero-order chi connectivity index (χ0) is 23.7. The predicted octanol–water partition coefficient (Wildman–Crippen LogP) is 2.78. The highest BCUT2D eigenvalue weighted by Crippen LogP contribution is 2.38. The second-order valence-electron chi connectivity index (χ2n) is 9.00. The maximum Gasteiger partial charge on any atom is 0.256 e. The summed E-state index contributed by atoms with van der Waals surface area (Å²) in [5.41, 5.74) is 2.68. The number of benzene rings is 1. The standard InChI is InChI=1S/C25H30N6O3/c1-29-23-19(25(33)31-12-10-30(11-13-31)21-8-3-4-9-26-21)14-18(27-22(32)16-34-2)15-20(23)28-24(29)17-6-5-7-17/h3-4,8-9,14-15,17H,5-7,10-13,16H2,1-2H3,(H,27,32). The highest BCUT2D eigenvalue weighted by molar-refractivity contribution is 6.08. The van der Waals surface area contributed by atoms with E-state index in [2.05, 4.69) is 19.8 Å². The molecule has 9 heteroatoms. The summed E-state index contributed by atoms with van der Waals surface area (Å²) >= 11 is 0. The predicted molar refractivity (Wildman–Crippen MR) is 130 cm³/mol. The number of carbonyl (C=O) groups excluding carboxylic acids is 2. The minimum Gasteiger partial charge on any atom is -0.375 e. The average molecular weight is 463 g/mol. The number of amides is 2. The molecular formula is C25H30N6O3. The maximum absolute atomic E-state index is 13.7. The third-order valence-corrected chi connectivity index (χ3v) is 6.80. The zero-order valence-corrected chi connectivity index (χ0v) is 19.7. The number of hydrogen-bond acceptors (Lipinski definition) is 6. The summed E-state index contributed by atoms with van der Waals surface area (Å²) in [6.45, 7) is 2.59. The van der Waals surface area contributed by atoms with Gasteiger partial charge in [0, 0.05) is 58.1 Å². The summed E-state index contributed by atoms with van der Waals surface area (Å²) in [6, 6.07) is 9.49. The molecule has 2 aliphatic rings. The molecule has 0 radical (unpaired) electrons. The Morgan fingerprint density at radius 2 is 1.94 bits per heavy atom. The van der Waals surface area contributed by atoms with Crippen molar-refractivity contribution in [2.45, 2.75) is 25.2 Å². The molecule has 5 rings (SSSR count). The van der Waals surface area contributed by atoms with E-state index in [-0.39, 0.29) is 18.4 Å². The quantitative estimate of drug-likeness (QED) is 0.606. The number of methoxy groups -OCH3 is 1. The van der Waals surface area contributed by atoms with E-state index >= 15 is 0 Å². The fourth-order valence-electron chi connectivity index (χ4n) is 4.81. The number of hydrogen-bond donors (Lipinski definition) is 1. The van der Waals surface area contributed by atoms with Crippen LogP contribution in [0.1, 0.15) is 41.4 Å². The SMILES string of the molecule is COCC(=O)Nc1cc(C(=O)N2CCN(c3ccccn3)CC2)c2c(c1)nc(C1CCC1)n2C. The normalized spacial score (nSPS) is 16.5. The average Bonchev–Trinajstić information content (AvgIpc) is 3.13. The minimum absolute atomic E-state index is 0.0447. The number of ether oxygens (including phenoxy) is 1. The van der Waals surface area contributed by atoms with Gasteiger partial charge in [0.1, 0.15) is 18.2 Å². The number of fused-ring (bicyclic) bond motifs is 1. The summed E-state index contributed by atoms with van der Waals surface area (Å²) < 4.78 is 7.01. The molecule has 1 aliphatic heterocycles. The molecular weight excluding hydrogens is 432 g/mol. The van der Waals surface area contributed by atoms with Gasteiger partial charge >= 0.3 is 0 Å². The highest BCUT2D eigenvalue weighted by atomic mass is 16.5. The van der Waals surface area contributed by atoms with E-state index in [9.17, 15) is 9.59 Å². The smallest absolute Gasteiger partial charge is 0.256 e. The number of aromatic nitrogens is 3. The number of carbonyl (C=O) groups is 2. The Bertz CT molecular complexity index is 1200. The van der Waals surface area contributed by atoms with Crippen molar-refractivity contribution in [2.24, 2.45) is 7.05 Å². The van der Waals surface area contributed by atoms with Gasteiger partial charge in [-0.2, -0.15) is 0 Å². The van der Waals surface area contributed by atoms with E-state index in [1.807, 2.05) is 36.2 Å². The van der Waals surface area contributed by atoms with Crippen LogP contribution in [0.25, 0.3) is 11.0 Å². The van der Waals surface area contributed by atoms with Crippen LogP contribution in [0, 0.1) is 0 Å². The Balaban J connectivity index is 1.45. The summed E-state index contributed by atoms with van der Waals surface area (Å²) in [5, 5.41) is 2.85. The van der Waals surface area contributed by atoms with Gasteiger partial charge in [0.2, 0.25) is 5.91 Å². The first kappa shape index (κ1) is 22.3. The van der Waals surface area contributed by atoms with Gasteiger partial charge in [-0.1, -0.05) is 12.5 Å². The van der Waals surface area contributed by atoms with Crippen LogP contribution in [0.2, 0.25) is 0 Å². The third-order valence-electron chi connectivity index (χ3n) is 6.80. The Hall–Kier alpha value is -3.46. The Kier molecular flexibility index (Phi) is 6.19. The molecule has 0 unspecified atom stereocenters. The fraction of sp³-hybridized carbons (Fsp3) is 0.440. The molecule has 34 heavy (non-hydrogen) atoms. The molecule has 2 amide bonds. The van der Waals surface area contributed by atoms with Crippen molar-refractivity contribution < 1.29 is 14.3 Å². The van der Waals surface area contributed by atoms with Crippen LogP contribution in [-0.4, -0.2) is 71.1 Å². The fourth-order valence-corrected chi connectivity index (χ4v) is 4.81. The second kappa shape index (κ2) is 9.42. The molecule has 0 atom stereocenters. The number of nitrogens with zero attached hydrogens (tertiary/aromatic N) is 5. The molecule has 9 nitrogen and oxygen atoms in total. The molecule has 3 aromatic rings. The van der Waals surface area contributed by atoms with E-state index in [0.29, 0.717) is 30.3 Å². The van der Waals surface area contributed by atoms with Crippen molar-refractivity contribution in [3.8, 4) is 0 Å². The van der Waals surface area contributed by atoms with Gasteiger partial charge in [-0.3, -0.25) is 9.59 Å². The molecule has 3 heterocycles. The van der Waals surface area contributed by atoms with Gasteiger partial charge in [-0.05, 0) is 37.1 Å². The maximum atomic E-state index is 13.7. The van der Waals surface area contributed by atoms with Crippen LogP contribution < -0.4 is 10.2 Å². The van der Waals surface area contributed by atoms with Crippen LogP contribution in [0.4, 0.5) is 11.5 Å². The summed E-state index contributed by atoms with van der Waals surface area (Å²) in [7, 11) is 3.47. The van der Waals surface area contributed by atoms with E-state index in [1.54, 1.807) is 12.3 Å². The van der Waals surface area contributed by atoms with Crippen molar-refractivity contribution >= 4 is 34.4 Å². The zero-order valence-electron chi connectivity index (χ0n) is 19.7. The number of nitrogens with one attached hydrogen (secondary N) is 1. The van der Waals surface area contributed by atoms with Gasteiger partial charge in [-0.25, -0.2) is 9.97 Å². The van der Waals surface area contributed by atoms with Gasteiger partial charge in [0.05, 0.1) is 16.6 Å². The highest BCUT2D eigenvalue weighted by Gasteiger charge is 2.29. The molecule has 1 N–H and O–H groups in total. The van der Waals surface area contributed by atoms with E-state index < -0.39 is 0 Å². The minimum atomic E-state index is -0.264.